The quantitative estimate of drug-likeness (QED) is 0.640. The Morgan fingerprint density at radius 1 is 1.38 bits per heavy atom. The van der Waals surface area contributed by atoms with Gasteiger partial charge in [0, 0.05) is 19.2 Å². The highest BCUT2D eigenvalue weighted by Gasteiger charge is 2.08. The third-order valence-corrected chi connectivity index (χ3v) is 3.46. The second kappa shape index (κ2) is 3.31. The van der Waals surface area contributed by atoms with Gasteiger partial charge in [-0.15, -0.1) is 11.3 Å². The van der Waals surface area contributed by atoms with Crippen LogP contribution in [-0.2, 0) is 7.05 Å². The molecule has 3 heterocycles. The Bertz CT molecular complexity index is 694. The van der Waals surface area contributed by atoms with Crippen molar-refractivity contribution in [2.45, 2.75) is 0 Å². The lowest BCUT2D eigenvalue weighted by Crippen LogP contribution is -2.17. The van der Waals surface area contributed by atoms with Crippen molar-refractivity contribution in [1.82, 2.24) is 14.2 Å². The van der Waals surface area contributed by atoms with Crippen LogP contribution in [-0.4, -0.2) is 14.2 Å². The van der Waals surface area contributed by atoms with Crippen LogP contribution in [0.15, 0.2) is 40.6 Å². The summed E-state index contributed by atoms with van der Waals surface area (Å²) in [5, 5.41) is 5.99. The molecular formula is C11H9N3OS. The first-order valence-corrected chi connectivity index (χ1v) is 5.73. The van der Waals surface area contributed by atoms with E-state index in [2.05, 4.69) is 5.10 Å². The number of aromatic nitrogens is 3. The van der Waals surface area contributed by atoms with Crippen molar-refractivity contribution in [2.24, 2.45) is 7.05 Å². The van der Waals surface area contributed by atoms with Gasteiger partial charge in [-0.2, -0.15) is 9.61 Å². The molecule has 5 heteroatoms. The van der Waals surface area contributed by atoms with Crippen LogP contribution in [0.2, 0.25) is 0 Å². The predicted molar refractivity (Wildman–Crippen MR) is 63.7 cm³/mol. The van der Waals surface area contributed by atoms with Crippen LogP contribution in [0.5, 0.6) is 0 Å². The lowest BCUT2D eigenvalue weighted by molar-refractivity contribution is 0.832. The lowest BCUT2D eigenvalue weighted by Gasteiger charge is -2.08. The van der Waals surface area contributed by atoms with E-state index < -0.39 is 0 Å². The molecule has 3 rings (SSSR count). The van der Waals surface area contributed by atoms with Crippen LogP contribution in [0.4, 0.5) is 0 Å². The van der Waals surface area contributed by atoms with Crippen molar-refractivity contribution >= 4 is 17.0 Å². The molecular weight excluding hydrogens is 222 g/mol. The van der Waals surface area contributed by atoms with E-state index in [0.29, 0.717) is 0 Å². The first-order chi connectivity index (χ1) is 7.77. The number of thiophene rings is 1. The van der Waals surface area contributed by atoms with Gasteiger partial charge in [0.05, 0.1) is 16.8 Å². The van der Waals surface area contributed by atoms with Crippen molar-refractivity contribution in [2.75, 3.05) is 0 Å². The molecule has 3 aromatic heterocycles. The highest BCUT2D eigenvalue weighted by atomic mass is 32.1. The van der Waals surface area contributed by atoms with Crippen LogP contribution in [0.1, 0.15) is 0 Å². The highest BCUT2D eigenvalue weighted by molar-refractivity contribution is 7.13. The van der Waals surface area contributed by atoms with Gasteiger partial charge < -0.3 is 4.57 Å². The van der Waals surface area contributed by atoms with E-state index in [1.54, 1.807) is 23.6 Å². The summed E-state index contributed by atoms with van der Waals surface area (Å²) in [5.74, 6) is 0. The molecule has 0 saturated heterocycles. The average molecular weight is 231 g/mol. The van der Waals surface area contributed by atoms with Crippen molar-refractivity contribution < 1.29 is 0 Å². The number of hydrogen-bond acceptors (Lipinski definition) is 3. The second-order valence-electron chi connectivity index (χ2n) is 3.51. The Hall–Kier alpha value is -1.88. The zero-order valence-electron chi connectivity index (χ0n) is 8.62. The van der Waals surface area contributed by atoms with Crippen LogP contribution < -0.4 is 5.56 Å². The van der Waals surface area contributed by atoms with E-state index in [1.807, 2.05) is 35.2 Å². The van der Waals surface area contributed by atoms with Gasteiger partial charge in [0.15, 0.2) is 0 Å². The van der Waals surface area contributed by atoms with E-state index in [9.17, 15) is 4.79 Å². The maximum absolute atomic E-state index is 11.8. The van der Waals surface area contributed by atoms with Gasteiger partial charge >= 0.3 is 0 Å². The molecule has 0 saturated carbocycles. The first-order valence-electron chi connectivity index (χ1n) is 4.85. The summed E-state index contributed by atoms with van der Waals surface area (Å²) in [6.07, 6.45) is 1.63. The molecule has 4 nitrogen and oxygen atoms in total. The molecule has 0 atom stereocenters. The number of aryl methyl sites for hydroxylation is 1. The van der Waals surface area contributed by atoms with Gasteiger partial charge in [-0.3, -0.25) is 4.79 Å². The monoisotopic (exact) mass is 231 g/mol. The van der Waals surface area contributed by atoms with Crippen LogP contribution in [0.25, 0.3) is 16.2 Å². The molecule has 0 aliphatic carbocycles. The third-order valence-electron chi connectivity index (χ3n) is 2.57. The summed E-state index contributed by atoms with van der Waals surface area (Å²) in [7, 11) is 1.94. The Morgan fingerprint density at radius 3 is 3.00 bits per heavy atom. The summed E-state index contributed by atoms with van der Waals surface area (Å²) in [4.78, 5) is 12.9. The average Bonchev–Trinajstić information content (AvgIpc) is 2.92. The summed E-state index contributed by atoms with van der Waals surface area (Å²) < 4.78 is 3.37. The summed E-state index contributed by atoms with van der Waals surface area (Å²) in [6, 6.07) is 7.43. The van der Waals surface area contributed by atoms with Crippen molar-refractivity contribution in [3.05, 3.63) is 46.2 Å². The zero-order chi connectivity index (χ0) is 11.1. The Balaban J connectivity index is 2.42. The fourth-order valence-electron chi connectivity index (χ4n) is 1.78. The first kappa shape index (κ1) is 9.35. The van der Waals surface area contributed by atoms with Gasteiger partial charge in [0.1, 0.15) is 5.65 Å². The SMILES string of the molecule is Cn1c(-c2cccs2)cc(=O)n2nccc12. The van der Waals surface area contributed by atoms with E-state index in [1.165, 1.54) is 4.52 Å². The van der Waals surface area contributed by atoms with Crippen LogP contribution in [0, 0.1) is 0 Å². The van der Waals surface area contributed by atoms with Crippen molar-refractivity contribution in [3.8, 4) is 10.6 Å². The van der Waals surface area contributed by atoms with Gasteiger partial charge in [0.25, 0.3) is 5.56 Å². The minimum Gasteiger partial charge on any atom is -0.328 e. The zero-order valence-corrected chi connectivity index (χ0v) is 9.44. The standard InChI is InChI=1S/C11H9N3OS/c1-13-8(9-3-2-6-16-9)7-11(15)14-10(13)4-5-12-14/h2-7H,1H3. The maximum atomic E-state index is 11.8. The molecule has 0 bridgehead atoms. The fraction of sp³-hybridized carbons (Fsp3) is 0.0909. The van der Waals surface area contributed by atoms with Crippen LogP contribution >= 0.6 is 11.3 Å². The smallest absolute Gasteiger partial charge is 0.274 e. The molecule has 0 aromatic carbocycles. The van der Waals surface area contributed by atoms with E-state index in [0.717, 1.165) is 16.2 Å². The van der Waals surface area contributed by atoms with E-state index in [-0.39, 0.29) is 5.56 Å². The Kier molecular flexibility index (Phi) is 1.94. The molecule has 0 amide bonds. The number of rotatable bonds is 1. The minimum atomic E-state index is -0.0958. The maximum Gasteiger partial charge on any atom is 0.274 e. The molecule has 0 aliphatic heterocycles. The summed E-state index contributed by atoms with van der Waals surface area (Å²) in [6.45, 7) is 0. The molecule has 0 radical (unpaired) electrons. The molecule has 0 spiro atoms. The molecule has 0 aliphatic rings. The summed E-state index contributed by atoms with van der Waals surface area (Å²) in [5.41, 5.74) is 1.63. The number of nitrogens with zero attached hydrogens (tertiary/aromatic N) is 3. The lowest BCUT2D eigenvalue weighted by atomic mass is 10.3. The van der Waals surface area contributed by atoms with Crippen molar-refractivity contribution in [3.63, 3.8) is 0 Å². The topological polar surface area (TPSA) is 39.3 Å². The molecule has 3 aromatic rings. The minimum absolute atomic E-state index is 0.0958. The number of hydrogen-bond donors (Lipinski definition) is 0. The Labute approximate surface area is 95.4 Å². The molecule has 0 unspecified atom stereocenters. The summed E-state index contributed by atoms with van der Waals surface area (Å²) >= 11 is 1.62. The predicted octanol–water partition coefficient (Wildman–Crippen LogP) is 1.76. The van der Waals surface area contributed by atoms with Gasteiger partial charge in [-0.25, -0.2) is 0 Å². The highest BCUT2D eigenvalue weighted by Crippen LogP contribution is 2.23. The molecule has 16 heavy (non-hydrogen) atoms. The molecule has 80 valence electrons. The molecule has 0 N–H and O–H groups in total. The normalized spacial score (nSPS) is 11.1. The number of fused-ring (bicyclic) bond motifs is 1. The van der Waals surface area contributed by atoms with Gasteiger partial charge in [0.2, 0.25) is 0 Å². The van der Waals surface area contributed by atoms with E-state index in [4.69, 9.17) is 0 Å². The van der Waals surface area contributed by atoms with Crippen molar-refractivity contribution in [1.29, 1.82) is 0 Å². The van der Waals surface area contributed by atoms with Gasteiger partial charge in [-0.1, -0.05) is 6.07 Å². The largest absolute Gasteiger partial charge is 0.328 e. The van der Waals surface area contributed by atoms with E-state index >= 15 is 0 Å². The Morgan fingerprint density at radius 2 is 2.25 bits per heavy atom. The third kappa shape index (κ3) is 1.22. The van der Waals surface area contributed by atoms with Gasteiger partial charge in [-0.05, 0) is 11.4 Å². The second-order valence-corrected chi connectivity index (χ2v) is 4.45. The molecule has 0 fully saturated rings. The van der Waals surface area contributed by atoms with Crippen LogP contribution in [0.3, 0.4) is 0 Å². The fourth-order valence-corrected chi connectivity index (χ4v) is 2.56.